The van der Waals surface area contributed by atoms with Crippen LogP contribution in [0, 0.1) is 0 Å². The van der Waals surface area contributed by atoms with Gasteiger partial charge in [-0.15, -0.1) is 0 Å². The van der Waals surface area contributed by atoms with Crippen LogP contribution >= 0.6 is 0 Å². The number of anilines is 3. The molecule has 0 atom stereocenters. The Bertz CT molecular complexity index is 3030. The second-order valence-electron chi connectivity index (χ2n) is 16.5. The average molecular weight is 720 g/mol. The van der Waals surface area contributed by atoms with Crippen molar-refractivity contribution in [3.63, 3.8) is 0 Å². The molecule has 0 saturated heterocycles. The topological polar surface area (TPSA) is 16.4 Å². The molecule has 9 aromatic rings. The number of rotatable bonds is 5. The van der Waals surface area contributed by atoms with Gasteiger partial charge in [-0.1, -0.05) is 155 Å². The van der Waals surface area contributed by atoms with Crippen LogP contribution in [0.3, 0.4) is 0 Å². The number of furan rings is 1. The quantitative estimate of drug-likeness (QED) is 0.176. The number of benzene rings is 8. The predicted octanol–water partition coefficient (Wildman–Crippen LogP) is 15.0. The summed E-state index contributed by atoms with van der Waals surface area (Å²) in [7, 11) is 0. The van der Waals surface area contributed by atoms with E-state index in [9.17, 15) is 0 Å². The molecule has 0 unspecified atom stereocenters. The van der Waals surface area contributed by atoms with Gasteiger partial charge in [0.05, 0.1) is 0 Å². The first kappa shape index (κ1) is 32.8. The average Bonchev–Trinajstić information content (AvgIpc) is 3.81. The van der Waals surface area contributed by atoms with Gasteiger partial charge in [-0.25, -0.2) is 0 Å². The van der Waals surface area contributed by atoms with Crippen LogP contribution in [0.5, 0.6) is 0 Å². The summed E-state index contributed by atoms with van der Waals surface area (Å²) in [6, 6.07) is 64.6. The number of hydrogen-bond acceptors (Lipinski definition) is 2. The molecule has 0 fully saturated rings. The van der Waals surface area contributed by atoms with E-state index in [0.29, 0.717) is 0 Å². The van der Waals surface area contributed by atoms with Crippen molar-refractivity contribution in [3.8, 4) is 44.5 Å². The van der Waals surface area contributed by atoms with Crippen molar-refractivity contribution >= 4 is 39.0 Å². The van der Waals surface area contributed by atoms with E-state index in [4.69, 9.17) is 4.42 Å². The number of nitrogens with zero attached hydrogens (tertiary/aromatic N) is 1. The lowest BCUT2D eigenvalue weighted by Gasteiger charge is -2.28. The van der Waals surface area contributed by atoms with E-state index >= 15 is 0 Å². The van der Waals surface area contributed by atoms with E-state index in [1.807, 2.05) is 12.1 Å². The first-order chi connectivity index (χ1) is 27.3. The van der Waals surface area contributed by atoms with Crippen molar-refractivity contribution in [2.45, 2.75) is 38.5 Å². The lowest BCUT2D eigenvalue weighted by Crippen LogP contribution is -2.16. The molecule has 2 heteroatoms. The molecule has 8 aromatic carbocycles. The molecule has 0 aliphatic heterocycles. The molecule has 0 spiro atoms. The molecule has 11 rings (SSSR count). The summed E-state index contributed by atoms with van der Waals surface area (Å²) in [5.41, 5.74) is 20.5. The molecule has 0 saturated carbocycles. The SMILES string of the molecule is CC1(C)c2ccccc2-c2cc(-c3cccc(N(c4ccc(-c5cccc6c5oc5ccccc56)cc4)c4ccc5c(c4)C(C)(C)c4ccccc4-5)c3)ccc21. The number of para-hydroxylation sites is 2. The summed E-state index contributed by atoms with van der Waals surface area (Å²) < 4.78 is 6.45. The molecule has 1 aromatic heterocycles. The monoisotopic (exact) mass is 719 g/mol. The van der Waals surface area contributed by atoms with Crippen LogP contribution in [-0.4, -0.2) is 0 Å². The lowest BCUT2D eigenvalue weighted by atomic mass is 9.82. The summed E-state index contributed by atoms with van der Waals surface area (Å²) in [6.45, 7) is 9.39. The van der Waals surface area contributed by atoms with Crippen molar-refractivity contribution in [1.82, 2.24) is 0 Å². The summed E-state index contributed by atoms with van der Waals surface area (Å²) in [5, 5.41) is 2.28. The standard InChI is InChI=1S/C54H41NO/c1-53(2)48-21-9-6-16-42(48)46-32-36(25-30-49(46)53)35-13-11-14-38(31-35)55(39-28-29-43-41-15-5-8-20-47(41)54(3,4)50(43)33-39)37-26-23-34(24-27-37)40-18-12-19-45-44-17-7-10-22-51(44)56-52(40)45/h5-33H,1-4H3. The molecule has 2 aliphatic carbocycles. The van der Waals surface area contributed by atoms with Crippen molar-refractivity contribution < 1.29 is 4.42 Å². The van der Waals surface area contributed by atoms with Crippen molar-refractivity contribution in [1.29, 1.82) is 0 Å². The molecule has 0 radical (unpaired) electrons. The van der Waals surface area contributed by atoms with Crippen LogP contribution in [0.25, 0.3) is 66.4 Å². The van der Waals surface area contributed by atoms with Gasteiger partial charge < -0.3 is 9.32 Å². The maximum absolute atomic E-state index is 6.45. The van der Waals surface area contributed by atoms with Gasteiger partial charge in [0.1, 0.15) is 11.2 Å². The summed E-state index contributed by atoms with van der Waals surface area (Å²) >= 11 is 0. The third-order valence-corrected chi connectivity index (χ3v) is 12.7. The van der Waals surface area contributed by atoms with E-state index in [1.165, 1.54) is 55.6 Å². The van der Waals surface area contributed by atoms with E-state index in [1.54, 1.807) is 0 Å². The number of fused-ring (bicyclic) bond motifs is 9. The van der Waals surface area contributed by atoms with Crippen LogP contribution in [0.1, 0.15) is 49.9 Å². The molecular formula is C54H41NO. The fraction of sp³-hybridized carbons (Fsp3) is 0.111. The van der Waals surface area contributed by atoms with Gasteiger partial charge in [-0.05, 0) is 110 Å². The highest BCUT2D eigenvalue weighted by Gasteiger charge is 2.37. The molecule has 0 bridgehead atoms. The van der Waals surface area contributed by atoms with Crippen molar-refractivity contribution in [2.75, 3.05) is 4.90 Å². The second kappa shape index (κ2) is 11.9. The molecule has 56 heavy (non-hydrogen) atoms. The fourth-order valence-corrected chi connectivity index (χ4v) is 9.77. The maximum Gasteiger partial charge on any atom is 0.143 e. The Labute approximate surface area is 328 Å². The van der Waals surface area contributed by atoms with Crippen LogP contribution in [-0.2, 0) is 10.8 Å². The molecule has 2 aliphatic rings. The zero-order valence-electron chi connectivity index (χ0n) is 32.1. The van der Waals surface area contributed by atoms with E-state index < -0.39 is 0 Å². The van der Waals surface area contributed by atoms with Gasteiger partial charge in [0.25, 0.3) is 0 Å². The second-order valence-corrected chi connectivity index (χ2v) is 16.5. The van der Waals surface area contributed by atoms with Gasteiger partial charge >= 0.3 is 0 Å². The normalized spacial score (nSPS) is 14.4. The third kappa shape index (κ3) is 4.75. The summed E-state index contributed by atoms with van der Waals surface area (Å²) in [5.74, 6) is 0. The minimum absolute atomic E-state index is 0.0216. The Morgan fingerprint density at radius 2 is 0.911 bits per heavy atom. The zero-order valence-corrected chi connectivity index (χ0v) is 32.1. The summed E-state index contributed by atoms with van der Waals surface area (Å²) in [4.78, 5) is 2.42. The van der Waals surface area contributed by atoms with Crippen LogP contribution < -0.4 is 4.90 Å². The molecular weight excluding hydrogens is 679 g/mol. The predicted molar refractivity (Wildman–Crippen MR) is 234 cm³/mol. The Morgan fingerprint density at radius 1 is 0.357 bits per heavy atom. The minimum Gasteiger partial charge on any atom is -0.455 e. The van der Waals surface area contributed by atoms with Crippen LogP contribution in [0.4, 0.5) is 17.1 Å². The number of hydrogen-bond donors (Lipinski definition) is 0. The fourth-order valence-electron chi connectivity index (χ4n) is 9.77. The highest BCUT2D eigenvalue weighted by atomic mass is 16.3. The van der Waals surface area contributed by atoms with E-state index in [-0.39, 0.29) is 10.8 Å². The van der Waals surface area contributed by atoms with Crippen molar-refractivity contribution in [2.24, 2.45) is 0 Å². The van der Waals surface area contributed by atoms with Crippen molar-refractivity contribution in [3.05, 3.63) is 198 Å². The molecule has 2 nitrogen and oxygen atoms in total. The zero-order chi connectivity index (χ0) is 37.8. The van der Waals surface area contributed by atoms with Gasteiger partial charge in [0.15, 0.2) is 0 Å². The maximum atomic E-state index is 6.45. The lowest BCUT2D eigenvalue weighted by molar-refractivity contribution is 0.660. The highest BCUT2D eigenvalue weighted by Crippen LogP contribution is 2.52. The van der Waals surface area contributed by atoms with Gasteiger partial charge in [0.2, 0.25) is 0 Å². The minimum atomic E-state index is -0.112. The first-order valence-corrected chi connectivity index (χ1v) is 19.7. The molecule has 1 heterocycles. The van der Waals surface area contributed by atoms with E-state index in [2.05, 4.69) is 196 Å². The molecule has 0 N–H and O–H groups in total. The first-order valence-electron chi connectivity index (χ1n) is 19.7. The van der Waals surface area contributed by atoms with Crippen LogP contribution in [0.2, 0.25) is 0 Å². The van der Waals surface area contributed by atoms with Gasteiger partial charge in [-0.3, -0.25) is 0 Å². The van der Waals surface area contributed by atoms with E-state index in [0.717, 1.165) is 50.1 Å². The third-order valence-electron chi connectivity index (χ3n) is 12.7. The highest BCUT2D eigenvalue weighted by molar-refractivity contribution is 6.09. The largest absolute Gasteiger partial charge is 0.455 e. The van der Waals surface area contributed by atoms with Gasteiger partial charge in [-0.2, -0.15) is 0 Å². The summed E-state index contributed by atoms with van der Waals surface area (Å²) in [6.07, 6.45) is 0. The Kier molecular flexibility index (Phi) is 6.98. The van der Waals surface area contributed by atoms with Gasteiger partial charge in [0, 0.05) is 44.2 Å². The molecule has 0 amide bonds. The Morgan fingerprint density at radius 3 is 1.71 bits per heavy atom. The molecule has 268 valence electrons. The smallest absolute Gasteiger partial charge is 0.143 e. The van der Waals surface area contributed by atoms with Crippen LogP contribution in [0.15, 0.2) is 180 Å². The Hall–Kier alpha value is -6.64. The Balaban J connectivity index is 1.05.